The lowest BCUT2D eigenvalue weighted by molar-refractivity contribution is 0.311. The molecule has 3 heteroatoms. The summed E-state index contributed by atoms with van der Waals surface area (Å²) in [4.78, 5) is 3.48. The van der Waals surface area contributed by atoms with Gasteiger partial charge in [0.25, 0.3) is 0 Å². The molecule has 0 amide bonds. The van der Waals surface area contributed by atoms with Gasteiger partial charge >= 0.3 is 0 Å². The summed E-state index contributed by atoms with van der Waals surface area (Å²) in [5, 5.41) is 0. The smallest absolute Gasteiger partial charge is 0.120 e. The third kappa shape index (κ3) is 3.24. The fourth-order valence-corrected chi connectivity index (χ4v) is 2.53. The number of nitrogens with one attached hydrogen (secondary N) is 1. The second-order valence-electron chi connectivity index (χ2n) is 5.28. The Hall–Kier alpha value is -2.68. The first-order valence-corrected chi connectivity index (χ1v) is 7.43. The van der Waals surface area contributed by atoms with E-state index < -0.39 is 0 Å². The monoisotopic (exact) mass is 309 g/mol. The van der Waals surface area contributed by atoms with Crippen molar-refractivity contribution in [1.82, 2.24) is 4.98 Å². The van der Waals surface area contributed by atoms with E-state index in [1.54, 1.807) is 20.3 Å². The van der Waals surface area contributed by atoms with Crippen molar-refractivity contribution < 1.29 is 9.47 Å². The first kappa shape index (κ1) is 16.7. The Morgan fingerprint density at radius 1 is 1.13 bits per heavy atom. The lowest BCUT2D eigenvalue weighted by Crippen LogP contribution is -1.89. The predicted molar refractivity (Wildman–Crippen MR) is 97.5 cm³/mol. The molecule has 23 heavy (non-hydrogen) atoms. The summed E-state index contributed by atoms with van der Waals surface area (Å²) < 4.78 is 10.6. The average molecular weight is 309 g/mol. The van der Waals surface area contributed by atoms with Crippen molar-refractivity contribution in [2.24, 2.45) is 0 Å². The van der Waals surface area contributed by atoms with Gasteiger partial charge in [0, 0.05) is 23.0 Å². The maximum Gasteiger partial charge on any atom is 0.120 e. The molecule has 0 aliphatic heterocycles. The molecule has 1 N–H and O–H groups in total. The molecule has 0 aliphatic carbocycles. The Morgan fingerprint density at radius 2 is 1.87 bits per heavy atom. The van der Waals surface area contributed by atoms with E-state index >= 15 is 0 Å². The highest BCUT2D eigenvalue weighted by atomic mass is 16.5. The van der Waals surface area contributed by atoms with E-state index in [0.717, 1.165) is 34.0 Å². The molecule has 120 valence electrons. The van der Waals surface area contributed by atoms with E-state index in [1.165, 1.54) is 11.1 Å². The number of ether oxygens (including phenoxy) is 2. The van der Waals surface area contributed by atoms with E-state index in [4.69, 9.17) is 9.47 Å². The minimum atomic E-state index is 0.722. The standard InChI is InChI=1S/C20H23NO2/c1-7-15-11-17(23-6)9-10-18(15)20-14(4)13(3)19(21-20)12-16(8-2)22-5/h7-12,21H,1-2H2,3-6H3/b16-12+. The number of methoxy groups -OCH3 is 2. The van der Waals surface area contributed by atoms with Gasteiger partial charge in [-0.25, -0.2) is 0 Å². The maximum absolute atomic E-state index is 5.29. The molecule has 0 bridgehead atoms. The molecule has 1 heterocycles. The SMILES string of the molecule is C=C/C(=C\c1[nH]c(-c2ccc(OC)cc2C=C)c(C)c1C)OC. The van der Waals surface area contributed by atoms with Crippen molar-refractivity contribution in [2.45, 2.75) is 13.8 Å². The zero-order valence-electron chi connectivity index (χ0n) is 14.2. The van der Waals surface area contributed by atoms with Crippen LogP contribution in [0.25, 0.3) is 23.4 Å². The van der Waals surface area contributed by atoms with Crippen molar-refractivity contribution in [3.8, 4) is 17.0 Å². The first-order chi connectivity index (χ1) is 11.0. The number of hydrogen-bond donors (Lipinski definition) is 1. The van der Waals surface area contributed by atoms with Gasteiger partial charge < -0.3 is 14.5 Å². The van der Waals surface area contributed by atoms with Crippen molar-refractivity contribution in [1.29, 1.82) is 0 Å². The molecule has 3 nitrogen and oxygen atoms in total. The summed E-state index contributed by atoms with van der Waals surface area (Å²) in [5.74, 6) is 1.54. The highest BCUT2D eigenvalue weighted by Crippen LogP contribution is 2.33. The minimum absolute atomic E-state index is 0.722. The largest absolute Gasteiger partial charge is 0.497 e. The Balaban J connectivity index is 2.60. The quantitative estimate of drug-likeness (QED) is 0.593. The van der Waals surface area contributed by atoms with Crippen LogP contribution in [0.5, 0.6) is 5.75 Å². The van der Waals surface area contributed by atoms with Gasteiger partial charge in [0.05, 0.1) is 14.2 Å². The average Bonchev–Trinajstić information content (AvgIpc) is 2.87. The Labute approximate surface area is 138 Å². The number of benzene rings is 1. The maximum atomic E-state index is 5.29. The molecular weight excluding hydrogens is 286 g/mol. The predicted octanol–water partition coefficient (Wildman–Crippen LogP) is 5.12. The zero-order valence-corrected chi connectivity index (χ0v) is 14.2. The summed E-state index contributed by atoms with van der Waals surface area (Å²) in [7, 11) is 3.30. The van der Waals surface area contributed by atoms with Crippen LogP contribution in [0, 0.1) is 13.8 Å². The molecule has 0 saturated heterocycles. The molecular formula is C20H23NO2. The Morgan fingerprint density at radius 3 is 2.43 bits per heavy atom. The van der Waals surface area contributed by atoms with Gasteiger partial charge in [-0.15, -0.1) is 0 Å². The molecule has 1 aromatic carbocycles. The summed E-state index contributed by atoms with van der Waals surface area (Å²) in [5.41, 5.74) is 6.59. The minimum Gasteiger partial charge on any atom is -0.497 e. The molecule has 2 aromatic rings. The normalized spacial score (nSPS) is 11.2. The van der Waals surface area contributed by atoms with E-state index in [2.05, 4.69) is 32.0 Å². The highest BCUT2D eigenvalue weighted by Gasteiger charge is 2.14. The van der Waals surface area contributed by atoms with Crippen LogP contribution in [0.4, 0.5) is 0 Å². The van der Waals surface area contributed by atoms with Crippen LogP contribution in [-0.2, 0) is 4.74 Å². The van der Waals surface area contributed by atoms with Gasteiger partial charge in [0.15, 0.2) is 0 Å². The fraction of sp³-hybridized carbons (Fsp3) is 0.200. The second kappa shape index (κ2) is 7.05. The molecule has 1 aromatic heterocycles. The number of aromatic nitrogens is 1. The van der Waals surface area contributed by atoms with Crippen molar-refractivity contribution in [2.75, 3.05) is 14.2 Å². The second-order valence-corrected chi connectivity index (χ2v) is 5.28. The topological polar surface area (TPSA) is 34.2 Å². The molecule has 0 saturated carbocycles. The molecule has 0 fully saturated rings. The Kier molecular flexibility index (Phi) is 5.12. The number of H-pyrrole nitrogens is 1. The van der Waals surface area contributed by atoms with Gasteiger partial charge in [-0.1, -0.05) is 19.2 Å². The van der Waals surface area contributed by atoms with Crippen LogP contribution < -0.4 is 4.74 Å². The molecule has 0 unspecified atom stereocenters. The number of rotatable bonds is 6. The van der Waals surface area contributed by atoms with Gasteiger partial charge in [-0.3, -0.25) is 0 Å². The lowest BCUT2D eigenvalue weighted by Gasteiger charge is -2.08. The van der Waals surface area contributed by atoms with Gasteiger partial charge in [-0.2, -0.15) is 0 Å². The third-order valence-electron chi connectivity index (χ3n) is 4.07. The van der Waals surface area contributed by atoms with Gasteiger partial charge in [-0.05, 0) is 54.8 Å². The van der Waals surface area contributed by atoms with Gasteiger partial charge in [0.2, 0.25) is 0 Å². The van der Waals surface area contributed by atoms with Crippen LogP contribution in [-0.4, -0.2) is 19.2 Å². The van der Waals surface area contributed by atoms with Crippen LogP contribution >= 0.6 is 0 Å². The van der Waals surface area contributed by atoms with Crippen LogP contribution in [0.1, 0.15) is 22.4 Å². The summed E-state index contributed by atoms with van der Waals surface area (Å²) in [6.07, 6.45) is 5.49. The third-order valence-corrected chi connectivity index (χ3v) is 4.07. The van der Waals surface area contributed by atoms with Crippen LogP contribution in [0.15, 0.2) is 43.2 Å². The first-order valence-electron chi connectivity index (χ1n) is 7.43. The zero-order chi connectivity index (χ0) is 17.0. The molecule has 0 aliphatic rings. The molecule has 2 rings (SSSR count). The van der Waals surface area contributed by atoms with E-state index in [1.807, 2.05) is 30.4 Å². The van der Waals surface area contributed by atoms with E-state index in [0.29, 0.717) is 0 Å². The number of aromatic amines is 1. The number of allylic oxidation sites excluding steroid dienone is 1. The van der Waals surface area contributed by atoms with Crippen LogP contribution in [0.3, 0.4) is 0 Å². The van der Waals surface area contributed by atoms with E-state index in [9.17, 15) is 0 Å². The molecule has 0 radical (unpaired) electrons. The highest BCUT2D eigenvalue weighted by molar-refractivity contribution is 5.78. The summed E-state index contributed by atoms with van der Waals surface area (Å²) >= 11 is 0. The number of hydrogen-bond acceptors (Lipinski definition) is 2. The van der Waals surface area contributed by atoms with Crippen molar-refractivity contribution >= 4 is 12.2 Å². The fourth-order valence-electron chi connectivity index (χ4n) is 2.53. The van der Waals surface area contributed by atoms with Crippen molar-refractivity contribution in [3.63, 3.8) is 0 Å². The van der Waals surface area contributed by atoms with Gasteiger partial charge in [0.1, 0.15) is 11.5 Å². The molecule has 0 atom stereocenters. The molecule has 0 spiro atoms. The lowest BCUT2D eigenvalue weighted by atomic mass is 10.0. The summed E-state index contributed by atoms with van der Waals surface area (Å²) in [6.45, 7) is 11.9. The van der Waals surface area contributed by atoms with Crippen LogP contribution in [0.2, 0.25) is 0 Å². The Bertz CT molecular complexity index is 766. The van der Waals surface area contributed by atoms with Crippen molar-refractivity contribution in [3.05, 3.63) is 65.6 Å². The van der Waals surface area contributed by atoms with E-state index in [-0.39, 0.29) is 0 Å². The summed E-state index contributed by atoms with van der Waals surface area (Å²) in [6, 6.07) is 5.99.